The molecule has 1 rings (SSSR count). The Balaban J connectivity index is 0.00000576. The molecule has 1 amide bonds. The number of anilines is 1. The fraction of sp³-hybridized carbons (Fsp3) is 0.375. The Labute approximate surface area is 188 Å². The molecule has 0 aromatic carbocycles. The average molecular weight is 374 g/mol. The van der Waals surface area contributed by atoms with E-state index < -0.39 is 29.2 Å². The Morgan fingerprint density at radius 3 is 2.52 bits per heavy atom. The summed E-state index contributed by atoms with van der Waals surface area (Å²) in [5, 5.41) is 13.9. The number of nitrogens with zero attached hydrogens (tertiary/aromatic N) is 1. The van der Waals surface area contributed by atoms with Gasteiger partial charge in [-0.25, -0.2) is 14.6 Å². The second kappa shape index (κ2) is 10.7. The van der Waals surface area contributed by atoms with Gasteiger partial charge in [0.05, 0.1) is 12.2 Å². The average Bonchev–Trinajstić information content (AvgIpc) is 2.45. The monoisotopic (exact) mass is 374 g/mol. The number of rotatable bonds is 5. The predicted molar refractivity (Wildman–Crippen MR) is 83.1 cm³/mol. The van der Waals surface area contributed by atoms with Crippen LogP contribution < -0.4 is 61.8 Å². The minimum absolute atomic E-state index is 0. The molecule has 1 aromatic rings. The van der Waals surface area contributed by atoms with Gasteiger partial charge >= 0.3 is 63.4 Å². The maximum Gasteiger partial charge on any atom is 1.00 e. The molecule has 1 heterocycles. The first-order valence-corrected chi connectivity index (χ1v) is 7.19. The SMILES string of the molecule is CCOC(=O)/C([O-])=C/C(=O)c1cccnc1NC(=O)OC(C)(C)C.[K+]. The largest absolute Gasteiger partial charge is 1.00 e. The summed E-state index contributed by atoms with van der Waals surface area (Å²) >= 11 is 0. The second-order valence-electron chi connectivity index (χ2n) is 5.62. The summed E-state index contributed by atoms with van der Waals surface area (Å²) in [6, 6.07) is 2.81. The molecule has 0 unspecified atom stereocenters. The molecular weight excluding hydrogens is 355 g/mol. The smallest absolute Gasteiger partial charge is 0.867 e. The summed E-state index contributed by atoms with van der Waals surface area (Å²) in [5.41, 5.74) is -0.782. The van der Waals surface area contributed by atoms with Crippen LogP contribution >= 0.6 is 0 Å². The molecule has 0 aliphatic carbocycles. The van der Waals surface area contributed by atoms with Gasteiger partial charge in [-0.1, -0.05) is 0 Å². The quantitative estimate of drug-likeness (QED) is 0.217. The van der Waals surface area contributed by atoms with Gasteiger partial charge in [0, 0.05) is 6.20 Å². The van der Waals surface area contributed by atoms with E-state index in [1.165, 1.54) is 25.3 Å². The summed E-state index contributed by atoms with van der Waals surface area (Å²) in [4.78, 5) is 39.1. The minimum Gasteiger partial charge on any atom is -0.867 e. The van der Waals surface area contributed by atoms with Crippen LogP contribution in [0.1, 0.15) is 38.1 Å². The Hall–Kier alpha value is -1.26. The Morgan fingerprint density at radius 2 is 1.96 bits per heavy atom. The number of hydrogen-bond donors (Lipinski definition) is 1. The summed E-state index contributed by atoms with van der Waals surface area (Å²) in [6.07, 6.45) is 1.15. The van der Waals surface area contributed by atoms with Gasteiger partial charge in [0.25, 0.3) is 0 Å². The molecule has 0 radical (unpaired) electrons. The van der Waals surface area contributed by atoms with Gasteiger partial charge in [0.2, 0.25) is 0 Å². The second-order valence-corrected chi connectivity index (χ2v) is 5.62. The maximum absolute atomic E-state index is 12.1. The van der Waals surface area contributed by atoms with E-state index in [9.17, 15) is 19.5 Å². The number of ketones is 1. The molecule has 1 N–H and O–H groups in total. The number of esters is 1. The van der Waals surface area contributed by atoms with E-state index in [2.05, 4.69) is 15.0 Å². The molecule has 0 saturated heterocycles. The van der Waals surface area contributed by atoms with Crippen molar-refractivity contribution in [2.75, 3.05) is 11.9 Å². The van der Waals surface area contributed by atoms with Crippen molar-refractivity contribution < 1.29 is 80.3 Å². The molecule has 0 bridgehead atoms. The van der Waals surface area contributed by atoms with Crippen molar-refractivity contribution in [2.45, 2.75) is 33.3 Å². The van der Waals surface area contributed by atoms with Crippen LogP contribution in [-0.2, 0) is 14.3 Å². The number of aromatic nitrogens is 1. The van der Waals surface area contributed by atoms with Crippen molar-refractivity contribution in [3.8, 4) is 0 Å². The van der Waals surface area contributed by atoms with Gasteiger partial charge < -0.3 is 14.6 Å². The first kappa shape index (κ1) is 23.7. The van der Waals surface area contributed by atoms with Gasteiger partial charge in [0.1, 0.15) is 11.4 Å². The number of nitrogens with one attached hydrogen (secondary N) is 1. The van der Waals surface area contributed by atoms with Crippen molar-refractivity contribution in [3.05, 3.63) is 35.7 Å². The zero-order valence-corrected chi connectivity index (χ0v) is 18.0. The van der Waals surface area contributed by atoms with Crippen LogP contribution in [0.15, 0.2) is 30.2 Å². The Bertz CT molecular complexity index is 667. The van der Waals surface area contributed by atoms with Crippen LogP contribution in [0.2, 0.25) is 0 Å². The van der Waals surface area contributed by atoms with Gasteiger partial charge in [0.15, 0.2) is 5.78 Å². The molecule has 0 aliphatic rings. The fourth-order valence-electron chi connectivity index (χ4n) is 1.56. The van der Waals surface area contributed by atoms with Gasteiger partial charge in [-0.2, -0.15) is 0 Å². The number of ether oxygens (including phenoxy) is 2. The van der Waals surface area contributed by atoms with E-state index in [-0.39, 0.29) is 69.4 Å². The van der Waals surface area contributed by atoms with E-state index in [1.54, 1.807) is 20.8 Å². The van der Waals surface area contributed by atoms with Crippen molar-refractivity contribution in [1.82, 2.24) is 4.98 Å². The first-order chi connectivity index (χ1) is 11.1. The number of allylic oxidation sites excluding steroid dienone is 1. The van der Waals surface area contributed by atoms with E-state index in [0.717, 1.165) is 0 Å². The van der Waals surface area contributed by atoms with Crippen LogP contribution in [-0.4, -0.2) is 35.0 Å². The van der Waals surface area contributed by atoms with Crippen LogP contribution in [0.5, 0.6) is 0 Å². The molecule has 0 atom stereocenters. The Kier molecular flexibility index (Phi) is 10.1. The third-order valence-corrected chi connectivity index (χ3v) is 2.43. The number of hydrogen-bond acceptors (Lipinski definition) is 7. The van der Waals surface area contributed by atoms with Crippen molar-refractivity contribution in [2.24, 2.45) is 0 Å². The topological polar surface area (TPSA) is 118 Å². The standard InChI is InChI=1S/C16H20N2O6.K/c1-5-23-14(21)12(20)9-11(19)10-7-6-8-17-13(10)18-15(22)24-16(2,3)4;/h6-9,20H,5H2,1-4H3,(H,17,18,22);/q;+1/p-1/b12-9-;. The first-order valence-electron chi connectivity index (χ1n) is 7.19. The van der Waals surface area contributed by atoms with E-state index in [4.69, 9.17) is 4.74 Å². The summed E-state index contributed by atoms with van der Waals surface area (Å²) in [7, 11) is 0. The van der Waals surface area contributed by atoms with Gasteiger partial charge in [-0.15, -0.1) is 0 Å². The molecule has 0 saturated carbocycles. The van der Waals surface area contributed by atoms with E-state index in [0.29, 0.717) is 6.08 Å². The third kappa shape index (κ3) is 8.59. The van der Waals surface area contributed by atoms with Crippen LogP contribution in [0.3, 0.4) is 0 Å². The minimum atomic E-state index is -1.13. The zero-order valence-electron chi connectivity index (χ0n) is 14.9. The third-order valence-electron chi connectivity index (χ3n) is 2.43. The molecule has 25 heavy (non-hydrogen) atoms. The van der Waals surface area contributed by atoms with Crippen molar-refractivity contribution in [3.63, 3.8) is 0 Å². The molecule has 0 aliphatic heterocycles. The van der Waals surface area contributed by atoms with Gasteiger partial charge in [-0.05, 0) is 51.7 Å². The summed E-state index contributed by atoms with van der Waals surface area (Å²) < 4.78 is 9.59. The van der Waals surface area contributed by atoms with E-state index in [1.807, 2.05) is 0 Å². The summed E-state index contributed by atoms with van der Waals surface area (Å²) in [6.45, 7) is 6.61. The van der Waals surface area contributed by atoms with Crippen LogP contribution in [0.25, 0.3) is 0 Å². The molecular formula is C16H19KN2O6. The van der Waals surface area contributed by atoms with Crippen LogP contribution in [0, 0.1) is 0 Å². The van der Waals surface area contributed by atoms with Crippen LogP contribution in [0.4, 0.5) is 10.6 Å². The van der Waals surface area contributed by atoms with Crippen molar-refractivity contribution >= 4 is 23.7 Å². The Morgan fingerprint density at radius 1 is 1.32 bits per heavy atom. The molecule has 9 heteroatoms. The maximum atomic E-state index is 12.1. The number of carbonyl (C=O) groups is 3. The number of amides is 1. The number of carbonyl (C=O) groups excluding carboxylic acids is 3. The molecule has 1 aromatic heterocycles. The van der Waals surface area contributed by atoms with E-state index >= 15 is 0 Å². The molecule has 8 nitrogen and oxygen atoms in total. The predicted octanol–water partition coefficient (Wildman–Crippen LogP) is -1.58. The molecule has 0 spiro atoms. The van der Waals surface area contributed by atoms with Gasteiger partial charge in [-0.3, -0.25) is 10.1 Å². The van der Waals surface area contributed by atoms with Crippen molar-refractivity contribution in [1.29, 1.82) is 0 Å². The molecule has 130 valence electrons. The summed E-state index contributed by atoms with van der Waals surface area (Å²) in [5.74, 6) is -3.08. The molecule has 0 fully saturated rings. The zero-order chi connectivity index (χ0) is 18.3. The number of pyridine rings is 1. The fourth-order valence-corrected chi connectivity index (χ4v) is 1.56. The normalized spacial score (nSPS) is 11.1.